The minimum absolute atomic E-state index is 0.00751. The van der Waals surface area contributed by atoms with E-state index >= 15 is 0 Å². The molecule has 4 rings (SSSR count). The van der Waals surface area contributed by atoms with Crippen LogP contribution in [0.15, 0.2) is 73.1 Å². The molecule has 0 fully saturated rings. The molecule has 3 aromatic rings. The third kappa shape index (κ3) is 3.70. The number of carbonyl (C=O) groups excluding carboxylic acids is 1. The molecule has 27 heavy (non-hydrogen) atoms. The molecular formula is C23H22N2O2. The van der Waals surface area contributed by atoms with E-state index < -0.39 is 0 Å². The largest absolute Gasteiger partial charge is 0.484 e. The van der Waals surface area contributed by atoms with E-state index in [9.17, 15) is 4.79 Å². The topological polar surface area (TPSA) is 42.4 Å². The Morgan fingerprint density at radius 1 is 1.07 bits per heavy atom. The summed E-state index contributed by atoms with van der Waals surface area (Å²) in [7, 11) is 0. The molecule has 0 saturated heterocycles. The zero-order chi connectivity index (χ0) is 18.6. The summed E-state index contributed by atoms with van der Waals surface area (Å²) < 4.78 is 5.74. The smallest absolute Gasteiger partial charge is 0.261 e. The zero-order valence-electron chi connectivity index (χ0n) is 15.3. The summed E-state index contributed by atoms with van der Waals surface area (Å²) in [6.07, 6.45) is 4.41. The van der Waals surface area contributed by atoms with Gasteiger partial charge in [-0.15, -0.1) is 0 Å². The van der Waals surface area contributed by atoms with Gasteiger partial charge in [0.15, 0.2) is 6.61 Å². The Morgan fingerprint density at radius 3 is 2.59 bits per heavy atom. The van der Waals surface area contributed by atoms with Crippen molar-refractivity contribution in [2.75, 3.05) is 13.2 Å². The van der Waals surface area contributed by atoms with Crippen LogP contribution in [0, 0.1) is 6.92 Å². The number of benzene rings is 2. The molecule has 2 aromatic carbocycles. The Labute approximate surface area is 159 Å². The lowest BCUT2D eigenvalue weighted by atomic mass is 9.88. The first kappa shape index (κ1) is 17.3. The number of amides is 1. The number of rotatable bonds is 4. The SMILES string of the molecule is Cc1ccc(OCC(=O)N2CCc3ccccc3C2c2ccncc2)cc1. The Kier molecular flexibility index (Phi) is 4.88. The molecule has 1 unspecified atom stereocenters. The van der Waals surface area contributed by atoms with E-state index in [1.807, 2.05) is 54.3 Å². The number of nitrogens with zero attached hydrogens (tertiary/aromatic N) is 2. The van der Waals surface area contributed by atoms with E-state index in [2.05, 4.69) is 23.2 Å². The van der Waals surface area contributed by atoms with E-state index in [-0.39, 0.29) is 18.6 Å². The Hall–Kier alpha value is -3.14. The fourth-order valence-corrected chi connectivity index (χ4v) is 3.60. The maximum absolute atomic E-state index is 13.0. The number of ether oxygens (including phenoxy) is 1. The van der Waals surface area contributed by atoms with Gasteiger partial charge < -0.3 is 9.64 Å². The van der Waals surface area contributed by atoms with Crippen molar-refractivity contribution in [3.8, 4) is 5.75 Å². The molecule has 4 heteroatoms. The van der Waals surface area contributed by atoms with Gasteiger partial charge in [-0.2, -0.15) is 0 Å². The number of hydrogen-bond acceptors (Lipinski definition) is 3. The van der Waals surface area contributed by atoms with Crippen molar-refractivity contribution in [2.45, 2.75) is 19.4 Å². The maximum Gasteiger partial charge on any atom is 0.261 e. The lowest BCUT2D eigenvalue weighted by molar-refractivity contribution is -0.135. The van der Waals surface area contributed by atoms with Gasteiger partial charge in [-0.3, -0.25) is 9.78 Å². The molecule has 1 aromatic heterocycles. The third-order valence-electron chi connectivity index (χ3n) is 5.01. The van der Waals surface area contributed by atoms with Crippen LogP contribution in [-0.4, -0.2) is 28.9 Å². The van der Waals surface area contributed by atoms with Gasteiger partial charge >= 0.3 is 0 Å². The van der Waals surface area contributed by atoms with Gasteiger partial charge in [0, 0.05) is 18.9 Å². The summed E-state index contributed by atoms with van der Waals surface area (Å²) in [5, 5.41) is 0. The molecule has 0 bridgehead atoms. The second-order valence-electron chi connectivity index (χ2n) is 6.82. The molecule has 136 valence electrons. The number of aromatic nitrogens is 1. The summed E-state index contributed by atoms with van der Waals surface area (Å²) >= 11 is 0. The van der Waals surface area contributed by atoms with Crippen molar-refractivity contribution in [3.63, 3.8) is 0 Å². The third-order valence-corrected chi connectivity index (χ3v) is 5.01. The Balaban J connectivity index is 1.58. The quantitative estimate of drug-likeness (QED) is 0.709. The fraction of sp³-hybridized carbons (Fsp3) is 0.217. The van der Waals surface area contributed by atoms with Gasteiger partial charge in [0.2, 0.25) is 0 Å². The molecule has 0 saturated carbocycles. The number of hydrogen-bond donors (Lipinski definition) is 0. The van der Waals surface area contributed by atoms with Gasteiger partial charge in [0.05, 0.1) is 6.04 Å². The number of pyridine rings is 1. The van der Waals surface area contributed by atoms with Crippen molar-refractivity contribution in [2.24, 2.45) is 0 Å². The summed E-state index contributed by atoms with van der Waals surface area (Å²) in [4.78, 5) is 19.1. The second-order valence-corrected chi connectivity index (χ2v) is 6.82. The molecule has 1 atom stereocenters. The standard InChI is InChI=1S/C23H22N2O2/c1-17-6-8-20(9-7-17)27-16-22(26)25-15-12-18-4-2-3-5-21(18)23(25)19-10-13-24-14-11-19/h2-11,13-14,23H,12,15-16H2,1H3. The lowest BCUT2D eigenvalue weighted by Crippen LogP contribution is -2.42. The molecule has 4 nitrogen and oxygen atoms in total. The van der Waals surface area contributed by atoms with Gasteiger partial charge in [0.1, 0.15) is 5.75 Å². The molecular weight excluding hydrogens is 336 g/mol. The monoisotopic (exact) mass is 358 g/mol. The number of carbonyl (C=O) groups is 1. The van der Waals surface area contributed by atoms with Crippen molar-refractivity contribution in [1.82, 2.24) is 9.88 Å². The molecule has 0 N–H and O–H groups in total. The van der Waals surface area contributed by atoms with Crippen LogP contribution in [0.1, 0.15) is 28.3 Å². The first-order valence-corrected chi connectivity index (χ1v) is 9.19. The van der Waals surface area contributed by atoms with E-state index in [4.69, 9.17) is 4.74 Å². The molecule has 2 heterocycles. The fourth-order valence-electron chi connectivity index (χ4n) is 3.60. The summed E-state index contributed by atoms with van der Waals surface area (Å²) in [5.41, 5.74) is 4.71. The average Bonchev–Trinajstić information content (AvgIpc) is 2.73. The first-order chi connectivity index (χ1) is 13.2. The highest BCUT2D eigenvalue weighted by Gasteiger charge is 2.31. The van der Waals surface area contributed by atoms with E-state index in [1.165, 1.54) is 16.7 Å². The highest BCUT2D eigenvalue weighted by molar-refractivity contribution is 5.79. The van der Waals surface area contributed by atoms with Gasteiger partial charge in [-0.05, 0) is 54.3 Å². The first-order valence-electron chi connectivity index (χ1n) is 9.19. The molecule has 1 aliphatic rings. The maximum atomic E-state index is 13.0. The predicted molar refractivity (Wildman–Crippen MR) is 105 cm³/mol. The van der Waals surface area contributed by atoms with Crippen LogP contribution >= 0.6 is 0 Å². The average molecular weight is 358 g/mol. The van der Waals surface area contributed by atoms with Crippen LogP contribution in [0.4, 0.5) is 0 Å². The van der Waals surface area contributed by atoms with E-state index in [0.717, 1.165) is 12.0 Å². The molecule has 1 amide bonds. The van der Waals surface area contributed by atoms with E-state index in [1.54, 1.807) is 12.4 Å². The van der Waals surface area contributed by atoms with Crippen LogP contribution in [-0.2, 0) is 11.2 Å². The summed E-state index contributed by atoms with van der Waals surface area (Å²) in [6, 6.07) is 20.0. The predicted octanol–water partition coefficient (Wildman–Crippen LogP) is 3.94. The van der Waals surface area contributed by atoms with Crippen molar-refractivity contribution in [3.05, 3.63) is 95.3 Å². The van der Waals surface area contributed by atoms with Crippen LogP contribution in [0.3, 0.4) is 0 Å². The van der Waals surface area contributed by atoms with Crippen molar-refractivity contribution < 1.29 is 9.53 Å². The number of aryl methyl sites for hydroxylation is 1. The van der Waals surface area contributed by atoms with Crippen LogP contribution in [0.5, 0.6) is 5.75 Å². The number of fused-ring (bicyclic) bond motifs is 1. The van der Waals surface area contributed by atoms with Crippen molar-refractivity contribution >= 4 is 5.91 Å². The van der Waals surface area contributed by atoms with Gasteiger partial charge in [-0.25, -0.2) is 0 Å². The molecule has 0 radical (unpaired) electrons. The second kappa shape index (κ2) is 7.62. The molecule has 0 aliphatic carbocycles. The van der Waals surface area contributed by atoms with E-state index in [0.29, 0.717) is 12.3 Å². The van der Waals surface area contributed by atoms with Gasteiger partial charge in [0.25, 0.3) is 5.91 Å². The highest BCUT2D eigenvalue weighted by atomic mass is 16.5. The Bertz CT molecular complexity index is 923. The summed E-state index contributed by atoms with van der Waals surface area (Å²) in [5.74, 6) is 0.707. The Morgan fingerprint density at radius 2 is 1.81 bits per heavy atom. The minimum atomic E-state index is -0.105. The molecule has 1 aliphatic heterocycles. The van der Waals surface area contributed by atoms with Crippen molar-refractivity contribution in [1.29, 1.82) is 0 Å². The van der Waals surface area contributed by atoms with Crippen LogP contribution in [0.25, 0.3) is 0 Å². The van der Waals surface area contributed by atoms with Crippen LogP contribution < -0.4 is 4.74 Å². The summed E-state index contributed by atoms with van der Waals surface area (Å²) in [6.45, 7) is 2.74. The minimum Gasteiger partial charge on any atom is -0.484 e. The highest BCUT2D eigenvalue weighted by Crippen LogP contribution is 2.34. The zero-order valence-corrected chi connectivity index (χ0v) is 15.3. The molecule has 0 spiro atoms. The normalized spacial score (nSPS) is 15.9. The lowest BCUT2D eigenvalue weighted by Gasteiger charge is -2.37. The van der Waals surface area contributed by atoms with Gasteiger partial charge in [-0.1, -0.05) is 42.0 Å². The van der Waals surface area contributed by atoms with Crippen LogP contribution in [0.2, 0.25) is 0 Å².